The van der Waals surface area contributed by atoms with Crippen molar-refractivity contribution in [1.29, 1.82) is 0 Å². The number of nitrogens with zero attached hydrogens (tertiary/aromatic N) is 3. The van der Waals surface area contributed by atoms with Crippen molar-refractivity contribution in [2.45, 2.75) is 32.9 Å². The number of hydrogen-bond donors (Lipinski definition) is 2. The number of halogens is 1. The van der Waals surface area contributed by atoms with Gasteiger partial charge in [-0.3, -0.25) is 9.80 Å². The van der Waals surface area contributed by atoms with Crippen LogP contribution in [0.5, 0.6) is 0 Å². The van der Waals surface area contributed by atoms with E-state index in [-0.39, 0.29) is 24.7 Å². The number of urea groups is 2. The number of hydrogen-bond acceptors (Lipinski definition) is 5. The van der Waals surface area contributed by atoms with Gasteiger partial charge in [0.25, 0.3) is 0 Å². The molecule has 1 aromatic carbocycles. The van der Waals surface area contributed by atoms with Gasteiger partial charge in [-0.15, -0.1) is 0 Å². The quantitative estimate of drug-likeness (QED) is 0.614. The van der Waals surface area contributed by atoms with Crippen molar-refractivity contribution >= 4 is 29.6 Å². The van der Waals surface area contributed by atoms with Crippen molar-refractivity contribution < 1.29 is 19.1 Å². The summed E-state index contributed by atoms with van der Waals surface area (Å²) in [4.78, 5) is 43.5. The number of carbonyl (C=O) groups excluding carboxylic acids is 3. The lowest BCUT2D eigenvalue weighted by Crippen LogP contribution is -2.55. The molecule has 3 rings (SSSR count). The minimum absolute atomic E-state index is 0.0731. The molecule has 4 amide bonds. The SMILES string of the molecule is CCOC(=O)C1=C(CN2CCN(C(=O)NC(C)C)CC2)N(C)C(=O)N[C@H]1c1ccccc1Cl. The molecule has 180 valence electrons. The number of nitrogens with one attached hydrogen (secondary N) is 2. The van der Waals surface area contributed by atoms with E-state index in [2.05, 4.69) is 15.5 Å². The monoisotopic (exact) mass is 477 g/mol. The highest BCUT2D eigenvalue weighted by atomic mass is 35.5. The fraction of sp³-hybridized carbons (Fsp3) is 0.522. The standard InChI is InChI=1S/C23H32ClN5O4/c1-5-33-21(30)19-18(14-28-10-12-29(13-11-28)23(32)25-15(2)3)27(4)22(31)26-20(19)16-8-6-7-9-17(16)24/h6-9,15,20H,5,10-14H2,1-4H3,(H,25,32)(H,26,31)/t20-/m0/s1. The second-order valence-corrected chi connectivity index (χ2v) is 8.82. The normalized spacial score (nSPS) is 19.6. The van der Waals surface area contributed by atoms with Gasteiger partial charge in [0.05, 0.1) is 18.2 Å². The first-order valence-corrected chi connectivity index (χ1v) is 11.6. The summed E-state index contributed by atoms with van der Waals surface area (Å²) in [6.45, 7) is 8.55. The molecule has 1 aromatic rings. The number of amides is 4. The molecule has 0 radical (unpaired) electrons. The van der Waals surface area contributed by atoms with Gasteiger partial charge in [-0.25, -0.2) is 14.4 Å². The van der Waals surface area contributed by atoms with Crippen molar-refractivity contribution in [2.24, 2.45) is 0 Å². The first-order valence-electron chi connectivity index (χ1n) is 11.2. The maximum absolute atomic E-state index is 13.1. The zero-order valence-corrected chi connectivity index (χ0v) is 20.3. The highest BCUT2D eigenvalue weighted by Crippen LogP contribution is 2.34. The summed E-state index contributed by atoms with van der Waals surface area (Å²) in [5, 5.41) is 6.25. The largest absolute Gasteiger partial charge is 0.463 e. The summed E-state index contributed by atoms with van der Waals surface area (Å²) in [5.41, 5.74) is 1.57. The fourth-order valence-corrected chi connectivity index (χ4v) is 4.24. The van der Waals surface area contributed by atoms with Crippen LogP contribution in [0.15, 0.2) is 35.5 Å². The summed E-state index contributed by atoms with van der Waals surface area (Å²) >= 11 is 6.42. The summed E-state index contributed by atoms with van der Waals surface area (Å²) in [5.74, 6) is -0.487. The first-order chi connectivity index (χ1) is 15.7. The highest BCUT2D eigenvalue weighted by molar-refractivity contribution is 6.31. The Morgan fingerprint density at radius 3 is 2.48 bits per heavy atom. The molecule has 0 unspecified atom stereocenters. The average molecular weight is 478 g/mol. The lowest BCUT2D eigenvalue weighted by molar-refractivity contribution is -0.139. The van der Waals surface area contributed by atoms with Crippen LogP contribution in [0.3, 0.4) is 0 Å². The van der Waals surface area contributed by atoms with Gasteiger partial charge in [-0.05, 0) is 32.4 Å². The molecule has 9 nitrogen and oxygen atoms in total. The Morgan fingerprint density at radius 1 is 1.21 bits per heavy atom. The van der Waals surface area contributed by atoms with E-state index in [1.54, 1.807) is 37.1 Å². The van der Waals surface area contributed by atoms with Crippen molar-refractivity contribution in [1.82, 2.24) is 25.3 Å². The van der Waals surface area contributed by atoms with Gasteiger partial charge in [0, 0.05) is 56.5 Å². The molecule has 10 heteroatoms. The molecule has 0 saturated carbocycles. The average Bonchev–Trinajstić information content (AvgIpc) is 2.77. The van der Waals surface area contributed by atoms with Gasteiger partial charge >= 0.3 is 18.0 Å². The molecule has 0 spiro atoms. The van der Waals surface area contributed by atoms with Crippen LogP contribution in [0.4, 0.5) is 9.59 Å². The van der Waals surface area contributed by atoms with E-state index in [0.717, 1.165) is 0 Å². The summed E-state index contributed by atoms with van der Waals surface area (Å²) in [7, 11) is 1.64. The van der Waals surface area contributed by atoms with Gasteiger partial charge in [0.2, 0.25) is 0 Å². The van der Waals surface area contributed by atoms with Crippen LogP contribution in [-0.2, 0) is 9.53 Å². The fourth-order valence-electron chi connectivity index (χ4n) is 4.00. The second kappa shape index (κ2) is 10.9. The summed E-state index contributed by atoms with van der Waals surface area (Å²) in [6, 6.07) is 6.09. The van der Waals surface area contributed by atoms with E-state index in [9.17, 15) is 14.4 Å². The third-order valence-corrected chi connectivity index (χ3v) is 6.08. The van der Waals surface area contributed by atoms with Crippen LogP contribution < -0.4 is 10.6 Å². The Hall–Kier alpha value is -2.78. The van der Waals surface area contributed by atoms with E-state index in [1.165, 1.54) is 4.90 Å². The van der Waals surface area contributed by atoms with Gasteiger partial charge in [-0.2, -0.15) is 0 Å². The smallest absolute Gasteiger partial charge is 0.338 e. The Balaban J connectivity index is 1.88. The molecule has 33 heavy (non-hydrogen) atoms. The van der Waals surface area contributed by atoms with Crippen molar-refractivity contribution in [3.8, 4) is 0 Å². The van der Waals surface area contributed by atoms with Crippen LogP contribution in [0.25, 0.3) is 0 Å². The predicted molar refractivity (Wildman–Crippen MR) is 126 cm³/mol. The van der Waals surface area contributed by atoms with Gasteiger partial charge in [0.1, 0.15) is 0 Å². The Bertz CT molecular complexity index is 927. The molecule has 2 aliphatic heterocycles. The molecule has 2 N–H and O–H groups in total. The van der Waals surface area contributed by atoms with Crippen LogP contribution >= 0.6 is 11.6 Å². The minimum atomic E-state index is -0.713. The topological polar surface area (TPSA) is 94.2 Å². The molecular formula is C23H32ClN5O4. The Kier molecular flexibility index (Phi) is 8.20. The van der Waals surface area contributed by atoms with Crippen LogP contribution in [0.1, 0.15) is 32.4 Å². The molecule has 0 aromatic heterocycles. The predicted octanol–water partition coefficient (Wildman–Crippen LogP) is 2.59. The van der Waals surface area contributed by atoms with E-state index >= 15 is 0 Å². The highest BCUT2D eigenvalue weighted by Gasteiger charge is 2.38. The number of rotatable bonds is 6. The third-order valence-electron chi connectivity index (χ3n) is 5.73. The molecule has 2 heterocycles. The van der Waals surface area contributed by atoms with Gasteiger partial charge in [0.15, 0.2) is 0 Å². The number of benzene rings is 1. The molecule has 1 saturated heterocycles. The summed E-state index contributed by atoms with van der Waals surface area (Å²) < 4.78 is 5.36. The maximum atomic E-state index is 13.1. The molecule has 0 bridgehead atoms. The third kappa shape index (κ3) is 5.78. The van der Waals surface area contributed by atoms with Gasteiger partial charge < -0.3 is 20.3 Å². The van der Waals surface area contributed by atoms with E-state index in [0.29, 0.717) is 54.6 Å². The Labute approximate surface area is 199 Å². The van der Waals surface area contributed by atoms with E-state index in [4.69, 9.17) is 16.3 Å². The molecular weight excluding hydrogens is 446 g/mol. The zero-order chi connectivity index (χ0) is 24.1. The number of ether oxygens (including phenoxy) is 1. The van der Waals surface area contributed by atoms with Crippen LogP contribution in [0.2, 0.25) is 5.02 Å². The van der Waals surface area contributed by atoms with Crippen molar-refractivity contribution in [2.75, 3.05) is 46.4 Å². The van der Waals surface area contributed by atoms with E-state index < -0.39 is 12.0 Å². The summed E-state index contributed by atoms with van der Waals surface area (Å²) in [6.07, 6.45) is 0. The van der Waals surface area contributed by atoms with Crippen LogP contribution in [-0.4, -0.2) is 85.2 Å². The lowest BCUT2D eigenvalue weighted by Gasteiger charge is -2.39. The molecule has 1 fully saturated rings. The van der Waals surface area contributed by atoms with Gasteiger partial charge in [-0.1, -0.05) is 29.8 Å². The Morgan fingerprint density at radius 2 is 1.88 bits per heavy atom. The second-order valence-electron chi connectivity index (χ2n) is 8.41. The van der Waals surface area contributed by atoms with E-state index in [1.807, 2.05) is 19.9 Å². The number of piperazine rings is 1. The minimum Gasteiger partial charge on any atom is -0.463 e. The molecule has 1 atom stereocenters. The number of likely N-dealkylation sites (N-methyl/N-ethyl adjacent to an activating group) is 1. The van der Waals surface area contributed by atoms with Crippen LogP contribution in [0, 0.1) is 0 Å². The first kappa shape index (κ1) is 24.9. The molecule has 0 aliphatic carbocycles. The lowest BCUT2D eigenvalue weighted by atomic mass is 9.94. The van der Waals surface area contributed by atoms with Crippen molar-refractivity contribution in [3.63, 3.8) is 0 Å². The number of esters is 1. The molecule has 2 aliphatic rings. The number of carbonyl (C=O) groups is 3. The zero-order valence-electron chi connectivity index (χ0n) is 19.6. The maximum Gasteiger partial charge on any atom is 0.338 e. The van der Waals surface area contributed by atoms with Crippen molar-refractivity contribution in [3.05, 3.63) is 46.1 Å².